The molecule has 0 amide bonds. The van der Waals surface area contributed by atoms with E-state index in [1.807, 2.05) is 0 Å². The number of nitro groups is 1. The van der Waals surface area contributed by atoms with Gasteiger partial charge in [0.2, 0.25) is 0 Å². The monoisotopic (exact) mass is 328 g/mol. The minimum absolute atomic E-state index is 0.110. The minimum atomic E-state index is -1.70. The molecule has 2 aromatic carbocycles. The second-order valence-corrected chi connectivity index (χ2v) is 6.06. The molecule has 1 atom stereocenters. The molecule has 0 spiro atoms. The van der Waals surface area contributed by atoms with Crippen LogP contribution in [0.4, 0.5) is 15.8 Å². The molecule has 0 saturated heterocycles. The van der Waals surface area contributed by atoms with Crippen LogP contribution in [0.2, 0.25) is 5.02 Å². The largest absolute Gasteiger partial charge is 0.398 e. The van der Waals surface area contributed by atoms with Gasteiger partial charge in [0, 0.05) is 22.3 Å². The summed E-state index contributed by atoms with van der Waals surface area (Å²) in [6.07, 6.45) is 0. The molecule has 0 radical (unpaired) electrons. The number of hydrogen-bond acceptors (Lipinski definition) is 4. The van der Waals surface area contributed by atoms with E-state index in [-0.39, 0.29) is 32.6 Å². The van der Waals surface area contributed by atoms with Crippen LogP contribution in [-0.4, -0.2) is 9.13 Å². The van der Waals surface area contributed by atoms with Crippen molar-refractivity contribution in [2.45, 2.75) is 10.6 Å². The first-order valence-electron chi connectivity index (χ1n) is 5.74. The van der Waals surface area contributed by atoms with Gasteiger partial charge in [-0.1, -0.05) is 11.6 Å². The summed E-state index contributed by atoms with van der Waals surface area (Å²) in [5.41, 5.74) is 5.84. The summed E-state index contributed by atoms with van der Waals surface area (Å²) in [4.78, 5) is 10.5. The van der Waals surface area contributed by atoms with Crippen LogP contribution < -0.4 is 5.73 Å². The Balaban J connectivity index is 2.36. The Morgan fingerprint density at radius 2 is 2.00 bits per heavy atom. The van der Waals surface area contributed by atoms with Crippen LogP contribution in [0.1, 0.15) is 5.56 Å². The van der Waals surface area contributed by atoms with Gasteiger partial charge in [0.25, 0.3) is 5.69 Å². The summed E-state index contributed by atoms with van der Waals surface area (Å²) in [6.45, 7) is 0. The molecular formula is C13H10ClFN2O3S. The second kappa shape index (κ2) is 6.19. The van der Waals surface area contributed by atoms with Gasteiger partial charge >= 0.3 is 0 Å². The number of rotatable bonds is 4. The zero-order valence-corrected chi connectivity index (χ0v) is 12.2. The lowest BCUT2D eigenvalue weighted by Crippen LogP contribution is -2.04. The summed E-state index contributed by atoms with van der Waals surface area (Å²) in [7, 11) is -1.70. The third-order valence-electron chi connectivity index (χ3n) is 2.75. The topological polar surface area (TPSA) is 86.2 Å². The maximum absolute atomic E-state index is 13.2. The number of nitro benzene ring substituents is 1. The highest BCUT2D eigenvalue weighted by molar-refractivity contribution is 7.84. The van der Waals surface area contributed by atoms with Crippen molar-refractivity contribution in [3.8, 4) is 0 Å². The molecule has 2 aromatic rings. The number of hydrogen-bond donors (Lipinski definition) is 1. The third-order valence-corrected chi connectivity index (χ3v) is 4.40. The predicted molar refractivity (Wildman–Crippen MR) is 79.0 cm³/mol. The van der Waals surface area contributed by atoms with E-state index in [1.165, 1.54) is 24.3 Å². The molecule has 1 unspecified atom stereocenters. The first-order valence-corrected chi connectivity index (χ1v) is 7.44. The van der Waals surface area contributed by atoms with Crippen molar-refractivity contribution in [2.24, 2.45) is 0 Å². The molecule has 0 aliphatic heterocycles. The molecule has 2 rings (SSSR count). The highest BCUT2D eigenvalue weighted by Crippen LogP contribution is 2.27. The lowest BCUT2D eigenvalue weighted by molar-refractivity contribution is -0.385. The van der Waals surface area contributed by atoms with Gasteiger partial charge in [-0.05, 0) is 30.3 Å². The fourth-order valence-corrected chi connectivity index (χ4v) is 3.18. The van der Waals surface area contributed by atoms with Gasteiger partial charge in [0.05, 0.1) is 26.4 Å². The van der Waals surface area contributed by atoms with E-state index in [9.17, 15) is 18.7 Å². The molecule has 110 valence electrons. The first-order chi connectivity index (χ1) is 9.88. The van der Waals surface area contributed by atoms with E-state index in [0.717, 1.165) is 12.1 Å². The van der Waals surface area contributed by atoms with Crippen molar-refractivity contribution >= 4 is 33.8 Å². The Morgan fingerprint density at radius 1 is 1.29 bits per heavy atom. The number of benzene rings is 2. The van der Waals surface area contributed by atoms with Gasteiger partial charge < -0.3 is 5.73 Å². The van der Waals surface area contributed by atoms with Crippen molar-refractivity contribution in [1.82, 2.24) is 0 Å². The molecule has 0 aliphatic rings. The Labute approximate surface area is 127 Å². The summed E-state index contributed by atoms with van der Waals surface area (Å²) < 4.78 is 25.4. The molecule has 0 aromatic heterocycles. The highest BCUT2D eigenvalue weighted by atomic mass is 35.5. The highest BCUT2D eigenvalue weighted by Gasteiger charge is 2.18. The van der Waals surface area contributed by atoms with Crippen LogP contribution in [0, 0.1) is 15.9 Å². The molecule has 0 fully saturated rings. The maximum Gasteiger partial charge on any atom is 0.275 e. The predicted octanol–water partition coefficient (Wildman–Crippen LogP) is 3.28. The quantitative estimate of drug-likeness (QED) is 0.530. The van der Waals surface area contributed by atoms with Crippen molar-refractivity contribution in [1.29, 1.82) is 0 Å². The Morgan fingerprint density at radius 3 is 2.67 bits per heavy atom. The van der Waals surface area contributed by atoms with Crippen molar-refractivity contribution < 1.29 is 13.5 Å². The van der Waals surface area contributed by atoms with Crippen molar-refractivity contribution in [3.05, 3.63) is 62.9 Å². The zero-order chi connectivity index (χ0) is 15.6. The molecule has 8 heteroatoms. The fourth-order valence-electron chi connectivity index (χ4n) is 1.75. The average Bonchev–Trinajstić information content (AvgIpc) is 2.43. The van der Waals surface area contributed by atoms with Crippen LogP contribution in [0.3, 0.4) is 0 Å². The van der Waals surface area contributed by atoms with E-state index >= 15 is 0 Å². The van der Waals surface area contributed by atoms with Crippen LogP contribution >= 0.6 is 11.6 Å². The molecule has 2 N–H and O–H groups in total. The summed E-state index contributed by atoms with van der Waals surface area (Å²) >= 11 is 5.71. The Bertz CT molecular complexity index is 739. The second-order valence-electron chi connectivity index (χ2n) is 4.20. The average molecular weight is 329 g/mol. The number of nitrogens with two attached hydrogens (primary N) is 1. The van der Waals surface area contributed by atoms with Gasteiger partial charge in [0.1, 0.15) is 5.82 Å². The van der Waals surface area contributed by atoms with Crippen molar-refractivity contribution in [2.75, 3.05) is 5.73 Å². The fraction of sp³-hybridized carbons (Fsp3) is 0.0769. The van der Waals surface area contributed by atoms with Crippen LogP contribution in [0.5, 0.6) is 0 Å². The number of nitrogens with zero attached hydrogens (tertiary/aromatic N) is 1. The van der Waals surface area contributed by atoms with Gasteiger partial charge in [-0.25, -0.2) is 4.39 Å². The Kier molecular flexibility index (Phi) is 4.54. The van der Waals surface area contributed by atoms with E-state index in [1.54, 1.807) is 0 Å². The SMILES string of the molecule is Nc1ccc(F)cc1S(=O)Cc1ccc(Cl)cc1[N+](=O)[O-]. The van der Waals surface area contributed by atoms with Crippen LogP contribution in [0.15, 0.2) is 41.3 Å². The summed E-state index contributed by atoms with van der Waals surface area (Å²) in [5, 5.41) is 11.2. The number of halogens is 2. The van der Waals surface area contributed by atoms with Gasteiger partial charge in [-0.15, -0.1) is 0 Å². The Hall–Kier alpha value is -1.99. The third kappa shape index (κ3) is 3.56. The summed E-state index contributed by atoms with van der Waals surface area (Å²) in [6, 6.07) is 7.60. The van der Waals surface area contributed by atoms with Crippen LogP contribution in [-0.2, 0) is 16.6 Å². The molecule has 5 nitrogen and oxygen atoms in total. The molecular weight excluding hydrogens is 319 g/mol. The van der Waals surface area contributed by atoms with Gasteiger partial charge in [0.15, 0.2) is 0 Å². The van der Waals surface area contributed by atoms with Crippen molar-refractivity contribution in [3.63, 3.8) is 0 Å². The van der Waals surface area contributed by atoms with Gasteiger partial charge in [-0.2, -0.15) is 0 Å². The lowest BCUT2D eigenvalue weighted by Gasteiger charge is -2.07. The molecule has 0 saturated carbocycles. The maximum atomic E-state index is 13.2. The zero-order valence-electron chi connectivity index (χ0n) is 10.6. The first kappa shape index (κ1) is 15.4. The van der Waals surface area contributed by atoms with E-state index in [2.05, 4.69) is 0 Å². The normalized spacial score (nSPS) is 12.1. The lowest BCUT2D eigenvalue weighted by atomic mass is 10.2. The molecule has 0 heterocycles. The van der Waals surface area contributed by atoms with E-state index in [0.29, 0.717) is 0 Å². The molecule has 0 aliphatic carbocycles. The standard InChI is InChI=1S/C13H10ClFN2O3S/c14-9-2-1-8(12(5-9)17(18)19)7-21(20)13-6-10(15)3-4-11(13)16/h1-6H,7,16H2. The van der Waals surface area contributed by atoms with Crippen LogP contribution in [0.25, 0.3) is 0 Å². The number of nitrogen functional groups attached to an aromatic ring is 1. The van der Waals surface area contributed by atoms with E-state index in [4.69, 9.17) is 17.3 Å². The van der Waals surface area contributed by atoms with Gasteiger partial charge in [-0.3, -0.25) is 14.3 Å². The summed E-state index contributed by atoms with van der Waals surface area (Å²) in [5.74, 6) is -0.723. The molecule has 21 heavy (non-hydrogen) atoms. The smallest absolute Gasteiger partial charge is 0.275 e. The van der Waals surface area contributed by atoms with E-state index < -0.39 is 21.5 Å². The minimum Gasteiger partial charge on any atom is -0.398 e. The molecule has 0 bridgehead atoms. The number of anilines is 1.